The van der Waals surface area contributed by atoms with Gasteiger partial charge in [-0.25, -0.2) is 4.98 Å². The van der Waals surface area contributed by atoms with Crippen LogP contribution in [0.5, 0.6) is 5.75 Å². The fourth-order valence-corrected chi connectivity index (χ4v) is 4.66. The first-order valence-electron chi connectivity index (χ1n) is 11.4. The Kier molecular flexibility index (Phi) is 5.81. The Balaban J connectivity index is 1.47. The summed E-state index contributed by atoms with van der Waals surface area (Å²) < 4.78 is 7.20. The monoisotopic (exact) mass is 482 g/mol. The number of amides is 1. The van der Waals surface area contributed by atoms with Crippen LogP contribution in [0.2, 0.25) is 5.02 Å². The summed E-state index contributed by atoms with van der Waals surface area (Å²) in [7, 11) is 1.52. The molecule has 3 heterocycles. The minimum Gasteiger partial charge on any atom is -0.478 e. The second-order valence-electron chi connectivity index (χ2n) is 9.17. The van der Waals surface area contributed by atoms with Crippen molar-refractivity contribution in [2.24, 2.45) is 11.8 Å². The van der Waals surface area contributed by atoms with E-state index < -0.39 is 0 Å². The molecule has 2 unspecified atom stereocenters. The molecule has 2 fully saturated rings. The Morgan fingerprint density at radius 2 is 2.03 bits per heavy atom. The molecule has 178 valence electrons. The summed E-state index contributed by atoms with van der Waals surface area (Å²) in [5, 5.41) is 6.99. The molecule has 0 bridgehead atoms. The lowest BCUT2D eigenvalue weighted by atomic mass is 10.1. The number of nitrogens with zero attached hydrogens (tertiary/aromatic N) is 4. The number of ether oxygens (including phenoxy) is 1. The normalized spacial score (nSPS) is 18.8. The summed E-state index contributed by atoms with van der Waals surface area (Å²) in [6.07, 6.45) is 2.93. The fraction of sp³-hybridized carbons (Fsp3) is 0.417. The van der Waals surface area contributed by atoms with E-state index in [9.17, 15) is 9.59 Å². The van der Waals surface area contributed by atoms with E-state index in [2.05, 4.69) is 25.5 Å². The zero-order chi connectivity index (χ0) is 24.0. The standard InChI is InChI=1S/C24H27ClN6O3/c1-13(2)31-19-5-4-17(7-14(19)8-20(23(31)33)34-12-21(32)26-3)28-22-18(25)9-27-24(29-22)30-10-15-6-16(15)11-30/h4-5,7-9,13,15-16H,6,10-12H2,1-3H3,(H,26,32)(H,27,28,29). The van der Waals surface area contributed by atoms with Gasteiger partial charge in [0.25, 0.3) is 11.5 Å². The molecule has 1 aliphatic carbocycles. The molecule has 1 amide bonds. The number of anilines is 3. The molecule has 1 aromatic carbocycles. The molecule has 0 radical (unpaired) electrons. The Bertz CT molecular complexity index is 1310. The molecular formula is C24H27ClN6O3. The van der Waals surface area contributed by atoms with Crippen molar-refractivity contribution in [3.05, 3.63) is 45.8 Å². The molecule has 1 aliphatic heterocycles. The van der Waals surface area contributed by atoms with E-state index in [1.807, 2.05) is 32.0 Å². The Hall–Kier alpha value is -3.33. The Labute approximate surface area is 202 Å². The molecular weight excluding hydrogens is 456 g/mol. The summed E-state index contributed by atoms with van der Waals surface area (Å²) in [4.78, 5) is 35.9. The van der Waals surface area contributed by atoms with E-state index >= 15 is 0 Å². The van der Waals surface area contributed by atoms with Gasteiger partial charge < -0.3 is 24.8 Å². The number of hydrogen-bond donors (Lipinski definition) is 2. The van der Waals surface area contributed by atoms with E-state index in [0.717, 1.165) is 41.5 Å². The maximum Gasteiger partial charge on any atom is 0.293 e. The van der Waals surface area contributed by atoms with Gasteiger partial charge in [0.2, 0.25) is 5.95 Å². The highest BCUT2D eigenvalue weighted by Gasteiger charge is 2.45. The van der Waals surface area contributed by atoms with E-state index in [1.165, 1.54) is 13.5 Å². The van der Waals surface area contributed by atoms with Crippen LogP contribution in [0.15, 0.2) is 35.3 Å². The first kappa shape index (κ1) is 22.5. The summed E-state index contributed by atoms with van der Waals surface area (Å²) >= 11 is 6.40. The number of benzene rings is 1. The van der Waals surface area contributed by atoms with Gasteiger partial charge in [-0.3, -0.25) is 9.59 Å². The van der Waals surface area contributed by atoms with Crippen molar-refractivity contribution < 1.29 is 9.53 Å². The Morgan fingerprint density at radius 3 is 2.74 bits per heavy atom. The number of piperidine rings is 1. The molecule has 2 N–H and O–H groups in total. The van der Waals surface area contributed by atoms with Crippen LogP contribution in [0.25, 0.3) is 10.9 Å². The van der Waals surface area contributed by atoms with Gasteiger partial charge in [-0.2, -0.15) is 4.98 Å². The van der Waals surface area contributed by atoms with Gasteiger partial charge in [-0.1, -0.05) is 11.6 Å². The van der Waals surface area contributed by atoms with Crippen molar-refractivity contribution >= 4 is 45.9 Å². The van der Waals surface area contributed by atoms with Crippen molar-refractivity contribution in [1.82, 2.24) is 19.9 Å². The summed E-state index contributed by atoms with van der Waals surface area (Å²) in [5.41, 5.74) is 1.25. The highest BCUT2D eigenvalue weighted by atomic mass is 35.5. The third kappa shape index (κ3) is 4.27. The van der Waals surface area contributed by atoms with E-state index in [-0.39, 0.29) is 29.9 Å². The maximum absolute atomic E-state index is 13.0. The van der Waals surface area contributed by atoms with E-state index in [0.29, 0.717) is 16.8 Å². The predicted octanol–water partition coefficient (Wildman–Crippen LogP) is 3.35. The predicted molar refractivity (Wildman–Crippen MR) is 132 cm³/mol. The van der Waals surface area contributed by atoms with Crippen molar-refractivity contribution in [3.63, 3.8) is 0 Å². The minimum absolute atomic E-state index is 0.0945. The number of carbonyl (C=O) groups is 1. The molecule has 0 spiro atoms. The van der Waals surface area contributed by atoms with Gasteiger partial charge in [-0.15, -0.1) is 0 Å². The molecule has 2 aliphatic rings. The first-order valence-corrected chi connectivity index (χ1v) is 11.8. The molecule has 3 aromatic rings. The minimum atomic E-state index is -0.310. The molecule has 1 saturated heterocycles. The first-order chi connectivity index (χ1) is 16.3. The van der Waals surface area contributed by atoms with E-state index in [1.54, 1.807) is 16.8 Å². The molecule has 9 nitrogen and oxygen atoms in total. The highest BCUT2D eigenvalue weighted by Crippen LogP contribution is 2.45. The number of fused-ring (bicyclic) bond motifs is 2. The molecule has 5 rings (SSSR count). The number of rotatable bonds is 7. The summed E-state index contributed by atoms with van der Waals surface area (Å²) in [5.74, 6) is 2.56. The van der Waals surface area contributed by atoms with Crippen LogP contribution in [-0.4, -0.2) is 47.2 Å². The van der Waals surface area contributed by atoms with Gasteiger partial charge in [0.05, 0.1) is 11.7 Å². The van der Waals surface area contributed by atoms with Crippen LogP contribution >= 0.6 is 11.6 Å². The van der Waals surface area contributed by atoms with Crippen LogP contribution in [-0.2, 0) is 4.79 Å². The largest absolute Gasteiger partial charge is 0.478 e. The van der Waals surface area contributed by atoms with Crippen molar-refractivity contribution in [2.75, 3.05) is 37.0 Å². The van der Waals surface area contributed by atoms with Gasteiger partial charge >= 0.3 is 0 Å². The van der Waals surface area contributed by atoms with E-state index in [4.69, 9.17) is 16.3 Å². The molecule has 2 atom stereocenters. The molecule has 2 aromatic heterocycles. The number of likely N-dealkylation sites (N-methyl/N-ethyl adjacent to an activating group) is 1. The third-order valence-electron chi connectivity index (χ3n) is 6.41. The fourth-order valence-electron chi connectivity index (χ4n) is 4.53. The second kappa shape index (κ2) is 8.79. The number of aromatic nitrogens is 3. The lowest BCUT2D eigenvalue weighted by Gasteiger charge is -2.19. The summed E-state index contributed by atoms with van der Waals surface area (Å²) in [6.45, 7) is 5.62. The number of halogens is 1. The number of hydrogen-bond acceptors (Lipinski definition) is 7. The Morgan fingerprint density at radius 1 is 1.26 bits per heavy atom. The molecule has 1 saturated carbocycles. The average Bonchev–Trinajstić information content (AvgIpc) is 3.43. The highest BCUT2D eigenvalue weighted by molar-refractivity contribution is 6.32. The lowest BCUT2D eigenvalue weighted by molar-refractivity contribution is -0.122. The summed E-state index contributed by atoms with van der Waals surface area (Å²) in [6, 6.07) is 7.24. The van der Waals surface area contributed by atoms with Gasteiger partial charge in [0.15, 0.2) is 18.2 Å². The van der Waals surface area contributed by atoms with Crippen molar-refractivity contribution in [2.45, 2.75) is 26.3 Å². The van der Waals surface area contributed by atoms with Gasteiger partial charge in [-0.05, 0) is 56.4 Å². The van der Waals surface area contributed by atoms with Crippen LogP contribution < -0.4 is 25.8 Å². The molecule has 10 heteroatoms. The van der Waals surface area contributed by atoms with Crippen molar-refractivity contribution in [3.8, 4) is 5.75 Å². The smallest absolute Gasteiger partial charge is 0.293 e. The lowest BCUT2D eigenvalue weighted by Crippen LogP contribution is -2.29. The number of nitrogens with one attached hydrogen (secondary N) is 2. The number of carbonyl (C=O) groups excluding carboxylic acids is 1. The van der Waals surface area contributed by atoms with Crippen LogP contribution in [0, 0.1) is 11.8 Å². The van der Waals surface area contributed by atoms with Gasteiger partial charge in [0, 0.05) is 37.3 Å². The zero-order valence-electron chi connectivity index (χ0n) is 19.3. The SMILES string of the molecule is CNC(=O)COc1cc2cc(Nc3nc(N4CC5CC5C4)ncc3Cl)ccc2n(C(C)C)c1=O. The van der Waals surface area contributed by atoms with Crippen molar-refractivity contribution in [1.29, 1.82) is 0 Å². The zero-order valence-corrected chi connectivity index (χ0v) is 20.1. The van der Waals surface area contributed by atoms with Crippen LogP contribution in [0.3, 0.4) is 0 Å². The molecule has 34 heavy (non-hydrogen) atoms. The second-order valence-corrected chi connectivity index (χ2v) is 9.57. The van der Waals surface area contributed by atoms with Gasteiger partial charge in [0.1, 0.15) is 5.02 Å². The maximum atomic E-state index is 13.0. The third-order valence-corrected chi connectivity index (χ3v) is 6.69. The van der Waals surface area contributed by atoms with Crippen LogP contribution in [0.4, 0.5) is 17.5 Å². The van der Waals surface area contributed by atoms with Crippen LogP contribution in [0.1, 0.15) is 26.3 Å². The number of pyridine rings is 1. The topological polar surface area (TPSA) is 101 Å². The quantitative estimate of drug-likeness (QED) is 0.532. The average molecular weight is 483 g/mol.